The van der Waals surface area contributed by atoms with Crippen LogP contribution in [0.3, 0.4) is 0 Å². The normalized spacial score (nSPS) is 15.2. The first kappa shape index (κ1) is 16.5. The van der Waals surface area contributed by atoms with Crippen LogP contribution in [0.2, 0.25) is 0 Å². The molecule has 130 valence electrons. The summed E-state index contributed by atoms with van der Waals surface area (Å²) in [5, 5.41) is 10.7. The summed E-state index contributed by atoms with van der Waals surface area (Å²) in [6.07, 6.45) is 8.87. The standard InChI is InChI=1S/C22H22N4/c1-16-4-5-21-20(11-16)22(19(13-23)15-25-21)26-9-6-17(7-10-26)12-18-3-2-8-24-14-18/h2-5,8,11,14-15,17H,6-7,9-10,12H2,1H3. The number of benzene rings is 1. The third-order valence-electron chi connectivity index (χ3n) is 5.29. The van der Waals surface area contributed by atoms with E-state index in [1.807, 2.05) is 24.5 Å². The van der Waals surface area contributed by atoms with Gasteiger partial charge < -0.3 is 4.90 Å². The van der Waals surface area contributed by atoms with Crippen LogP contribution in [0.5, 0.6) is 0 Å². The maximum absolute atomic E-state index is 9.60. The second-order valence-electron chi connectivity index (χ2n) is 7.15. The van der Waals surface area contributed by atoms with Crippen molar-refractivity contribution in [3.8, 4) is 6.07 Å². The second kappa shape index (κ2) is 7.13. The molecule has 2 aromatic heterocycles. The molecule has 3 aromatic rings. The molecular formula is C22H22N4. The second-order valence-corrected chi connectivity index (χ2v) is 7.15. The Labute approximate surface area is 154 Å². The molecule has 1 aliphatic heterocycles. The summed E-state index contributed by atoms with van der Waals surface area (Å²) in [5.41, 5.74) is 5.20. The first-order valence-corrected chi connectivity index (χ1v) is 9.18. The predicted octanol–water partition coefficient (Wildman–Crippen LogP) is 4.27. The number of pyridine rings is 2. The van der Waals surface area contributed by atoms with Crippen LogP contribution in [0.15, 0.2) is 48.9 Å². The number of aromatic nitrogens is 2. The van der Waals surface area contributed by atoms with E-state index in [2.05, 4.69) is 46.1 Å². The number of hydrogen-bond donors (Lipinski definition) is 0. The molecule has 1 aromatic carbocycles. The van der Waals surface area contributed by atoms with Crippen LogP contribution >= 0.6 is 0 Å². The van der Waals surface area contributed by atoms with E-state index in [4.69, 9.17) is 0 Å². The van der Waals surface area contributed by atoms with Gasteiger partial charge in [0.1, 0.15) is 6.07 Å². The first-order valence-electron chi connectivity index (χ1n) is 9.18. The Bertz CT molecular complexity index is 951. The summed E-state index contributed by atoms with van der Waals surface area (Å²) in [5.74, 6) is 0.677. The summed E-state index contributed by atoms with van der Waals surface area (Å²) in [4.78, 5) is 11.1. The molecule has 1 fully saturated rings. The van der Waals surface area contributed by atoms with Gasteiger partial charge in [-0.3, -0.25) is 9.97 Å². The van der Waals surface area contributed by atoms with Gasteiger partial charge in [-0.25, -0.2) is 0 Å². The Morgan fingerprint density at radius 1 is 1.19 bits per heavy atom. The highest BCUT2D eigenvalue weighted by Crippen LogP contribution is 2.33. The van der Waals surface area contributed by atoms with Gasteiger partial charge >= 0.3 is 0 Å². The Hall–Kier alpha value is -2.93. The fraction of sp³-hybridized carbons (Fsp3) is 0.318. The van der Waals surface area contributed by atoms with Crippen molar-refractivity contribution < 1.29 is 0 Å². The van der Waals surface area contributed by atoms with Crippen molar-refractivity contribution in [2.24, 2.45) is 5.92 Å². The monoisotopic (exact) mass is 342 g/mol. The molecule has 0 amide bonds. The minimum Gasteiger partial charge on any atom is -0.370 e. The van der Waals surface area contributed by atoms with Crippen molar-refractivity contribution in [1.82, 2.24) is 9.97 Å². The molecule has 4 heteroatoms. The van der Waals surface area contributed by atoms with Crippen molar-refractivity contribution in [3.05, 3.63) is 65.6 Å². The summed E-state index contributed by atoms with van der Waals surface area (Å²) in [6, 6.07) is 12.8. The van der Waals surface area contributed by atoms with E-state index in [1.165, 1.54) is 11.1 Å². The van der Waals surface area contributed by atoms with Crippen LogP contribution in [0, 0.1) is 24.2 Å². The Morgan fingerprint density at radius 3 is 2.77 bits per heavy atom. The number of piperidine rings is 1. The van der Waals surface area contributed by atoms with E-state index >= 15 is 0 Å². The topological polar surface area (TPSA) is 52.8 Å². The third-order valence-corrected chi connectivity index (χ3v) is 5.29. The highest BCUT2D eigenvalue weighted by Gasteiger charge is 2.23. The zero-order valence-electron chi connectivity index (χ0n) is 15.0. The van der Waals surface area contributed by atoms with E-state index in [1.54, 1.807) is 6.20 Å². The van der Waals surface area contributed by atoms with Crippen LogP contribution in [0.1, 0.15) is 29.5 Å². The molecule has 0 saturated carbocycles. The molecule has 0 N–H and O–H groups in total. The molecule has 0 atom stereocenters. The number of hydrogen-bond acceptors (Lipinski definition) is 4. The lowest BCUT2D eigenvalue weighted by Gasteiger charge is -2.34. The van der Waals surface area contributed by atoms with Gasteiger partial charge in [0.05, 0.1) is 16.8 Å². The van der Waals surface area contributed by atoms with Crippen molar-refractivity contribution >= 4 is 16.6 Å². The van der Waals surface area contributed by atoms with Gasteiger partial charge in [-0.2, -0.15) is 5.26 Å². The van der Waals surface area contributed by atoms with Gasteiger partial charge in [0.25, 0.3) is 0 Å². The lowest BCUT2D eigenvalue weighted by molar-refractivity contribution is 0.403. The lowest BCUT2D eigenvalue weighted by Crippen LogP contribution is -2.35. The highest BCUT2D eigenvalue weighted by molar-refractivity contribution is 5.95. The zero-order chi connectivity index (χ0) is 17.9. The van der Waals surface area contributed by atoms with Gasteiger partial charge in [0.2, 0.25) is 0 Å². The first-order chi connectivity index (χ1) is 12.7. The molecule has 4 rings (SSSR count). The van der Waals surface area contributed by atoms with Gasteiger partial charge in [-0.05, 0) is 55.9 Å². The smallest absolute Gasteiger partial charge is 0.103 e. The predicted molar refractivity (Wildman–Crippen MR) is 104 cm³/mol. The van der Waals surface area contributed by atoms with Gasteiger partial charge in [0.15, 0.2) is 0 Å². The van der Waals surface area contributed by atoms with Crippen molar-refractivity contribution in [2.45, 2.75) is 26.2 Å². The van der Waals surface area contributed by atoms with E-state index in [0.29, 0.717) is 11.5 Å². The number of rotatable bonds is 3. The van der Waals surface area contributed by atoms with Crippen molar-refractivity contribution in [2.75, 3.05) is 18.0 Å². The fourth-order valence-corrected chi connectivity index (χ4v) is 3.93. The molecule has 0 aliphatic carbocycles. The lowest BCUT2D eigenvalue weighted by atomic mass is 9.90. The van der Waals surface area contributed by atoms with Gasteiger partial charge in [-0.15, -0.1) is 0 Å². The Morgan fingerprint density at radius 2 is 2.04 bits per heavy atom. The minimum atomic E-state index is 0.675. The van der Waals surface area contributed by atoms with Gasteiger partial charge in [-0.1, -0.05) is 17.7 Å². The molecule has 0 radical (unpaired) electrons. The molecule has 1 aliphatic rings. The summed E-state index contributed by atoms with van der Waals surface area (Å²) in [6.45, 7) is 4.04. The highest BCUT2D eigenvalue weighted by atomic mass is 15.1. The van der Waals surface area contributed by atoms with Crippen LogP contribution in [0.4, 0.5) is 5.69 Å². The van der Waals surface area contributed by atoms with Crippen LogP contribution in [-0.2, 0) is 6.42 Å². The number of fused-ring (bicyclic) bond motifs is 1. The average molecular weight is 342 g/mol. The van der Waals surface area contributed by atoms with Crippen molar-refractivity contribution in [3.63, 3.8) is 0 Å². The fourth-order valence-electron chi connectivity index (χ4n) is 3.93. The summed E-state index contributed by atoms with van der Waals surface area (Å²) in [7, 11) is 0. The Kier molecular flexibility index (Phi) is 4.53. The van der Waals surface area contributed by atoms with Gasteiger partial charge in [0, 0.05) is 37.1 Å². The third kappa shape index (κ3) is 3.25. The van der Waals surface area contributed by atoms with Crippen LogP contribution in [-0.4, -0.2) is 23.1 Å². The molecule has 3 heterocycles. The van der Waals surface area contributed by atoms with Crippen LogP contribution in [0.25, 0.3) is 10.9 Å². The van der Waals surface area contributed by atoms with E-state index < -0.39 is 0 Å². The minimum absolute atomic E-state index is 0.675. The van der Waals surface area contributed by atoms with E-state index in [0.717, 1.165) is 48.9 Å². The maximum Gasteiger partial charge on any atom is 0.103 e. The van der Waals surface area contributed by atoms with Crippen molar-refractivity contribution in [1.29, 1.82) is 5.26 Å². The average Bonchev–Trinajstić information content (AvgIpc) is 2.68. The summed E-state index contributed by atoms with van der Waals surface area (Å²) >= 11 is 0. The largest absolute Gasteiger partial charge is 0.370 e. The molecule has 1 saturated heterocycles. The molecule has 26 heavy (non-hydrogen) atoms. The summed E-state index contributed by atoms with van der Waals surface area (Å²) < 4.78 is 0. The molecule has 0 spiro atoms. The molecule has 4 nitrogen and oxygen atoms in total. The number of aryl methyl sites for hydroxylation is 1. The zero-order valence-corrected chi connectivity index (χ0v) is 15.0. The van der Waals surface area contributed by atoms with E-state index in [9.17, 15) is 5.26 Å². The SMILES string of the molecule is Cc1ccc2ncc(C#N)c(N3CCC(Cc4cccnc4)CC3)c2c1. The maximum atomic E-state index is 9.60. The number of nitriles is 1. The van der Waals surface area contributed by atoms with Crippen LogP contribution < -0.4 is 4.90 Å². The molecular weight excluding hydrogens is 320 g/mol. The Balaban J connectivity index is 1.57. The quantitative estimate of drug-likeness (QED) is 0.713. The number of nitrogens with zero attached hydrogens (tertiary/aromatic N) is 4. The molecule has 0 unspecified atom stereocenters. The van der Waals surface area contributed by atoms with E-state index in [-0.39, 0.29) is 0 Å². The molecule has 0 bridgehead atoms. The number of anilines is 1.